The van der Waals surface area contributed by atoms with Crippen molar-refractivity contribution in [2.75, 3.05) is 6.61 Å². The Morgan fingerprint density at radius 2 is 2.00 bits per heavy atom. The molecule has 0 aliphatic heterocycles. The van der Waals surface area contributed by atoms with Gasteiger partial charge in [0.05, 0.1) is 0 Å². The predicted octanol–water partition coefficient (Wildman–Crippen LogP) is 3.37. The van der Waals surface area contributed by atoms with E-state index in [2.05, 4.69) is 12.6 Å². The van der Waals surface area contributed by atoms with Gasteiger partial charge in [0.2, 0.25) is 0 Å². The van der Waals surface area contributed by atoms with E-state index in [0.29, 0.717) is 6.61 Å². The Hall–Kier alpha value is -1.28. The van der Waals surface area contributed by atoms with Crippen LogP contribution in [0.2, 0.25) is 0 Å². The maximum Gasteiger partial charge on any atom is 0.124 e. The van der Waals surface area contributed by atoms with E-state index < -0.39 is 0 Å². The molecule has 1 aliphatic rings. The zero-order chi connectivity index (χ0) is 12.3. The van der Waals surface area contributed by atoms with E-state index in [0.717, 1.165) is 29.7 Å². The van der Waals surface area contributed by atoms with Crippen molar-refractivity contribution in [3.63, 3.8) is 0 Å². The van der Waals surface area contributed by atoms with E-state index in [1.807, 2.05) is 25.1 Å². The SMILES string of the molecule is C=C(C)COc1ccccc1C1(N)CCCC1. The summed E-state index contributed by atoms with van der Waals surface area (Å²) in [5.41, 5.74) is 8.47. The van der Waals surface area contributed by atoms with E-state index in [-0.39, 0.29) is 5.54 Å². The molecule has 0 bridgehead atoms. The van der Waals surface area contributed by atoms with Gasteiger partial charge in [-0.1, -0.05) is 37.6 Å². The maximum absolute atomic E-state index is 6.49. The van der Waals surface area contributed by atoms with Crippen molar-refractivity contribution in [3.8, 4) is 5.75 Å². The molecule has 0 saturated heterocycles. The first-order valence-electron chi connectivity index (χ1n) is 6.27. The van der Waals surface area contributed by atoms with Gasteiger partial charge < -0.3 is 10.5 Å². The fraction of sp³-hybridized carbons (Fsp3) is 0.467. The molecule has 1 fully saturated rings. The molecule has 0 unspecified atom stereocenters. The molecule has 0 amide bonds. The number of rotatable bonds is 4. The second kappa shape index (κ2) is 4.92. The van der Waals surface area contributed by atoms with Crippen LogP contribution in [0.15, 0.2) is 36.4 Å². The van der Waals surface area contributed by atoms with Crippen LogP contribution < -0.4 is 10.5 Å². The molecule has 1 aliphatic carbocycles. The highest BCUT2D eigenvalue weighted by molar-refractivity contribution is 5.39. The summed E-state index contributed by atoms with van der Waals surface area (Å²) in [6, 6.07) is 8.13. The molecule has 0 atom stereocenters. The Morgan fingerprint density at radius 1 is 1.35 bits per heavy atom. The van der Waals surface area contributed by atoms with Crippen molar-refractivity contribution >= 4 is 0 Å². The third-order valence-corrected chi connectivity index (χ3v) is 3.39. The van der Waals surface area contributed by atoms with Gasteiger partial charge in [-0.3, -0.25) is 0 Å². The molecule has 17 heavy (non-hydrogen) atoms. The van der Waals surface area contributed by atoms with Crippen molar-refractivity contribution < 1.29 is 4.74 Å². The Bertz CT molecular complexity index is 405. The monoisotopic (exact) mass is 231 g/mol. The van der Waals surface area contributed by atoms with Crippen LogP contribution in [0.5, 0.6) is 5.75 Å². The number of hydrogen-bond donors (Lipinski definition) is 1. The summed E-state index contributed by atoms with van der Waals surface area (Å²) in [7, 11) is 0. The van der Waals surface area contributed by atoms with Gasteiger partial charge in [0, 0.05) is 11.1 Å². The second-order valence-electron chi connectivity index (χ2n) is 5.11. The molecule has 2 rings (SSSR count). The molecule has 1 saturated carbocycles. The zero-order valence-electron chi connectivity index (χ0n) is 10.5. The first kappa shape index (κ1) is 12.2. The molecule has 2 N–H and O–H groups in total. The summed E-state index contributed by atoms with van der Waals surface area (Å²) in [6.07, 6.45) is 4.54. The van der Waals surface area contributed by atoms with Crippen LogP contribution in [0.1, 0.15) is 38.2 Å². The third-order valence-electron chi connectivity index (χ3n) is 3.39. The third kappa shape index (κ3) is 2.70. The Kier molecular flexibility index (Phi) is 3.53. The highest BCUT2D eigenvalue weighted by Gasteiger charge is 2.33. The quantitative estimate of drug-likeness (QED) is 0.806. The van der Waals surface area contributed by atoms with E-state index >= 15 is 0 Å². The molecule has 0 spiro atoms. The number of benzene rings is 1. The van der Waals surface area contributed by atoms with Gasteiger partial charge >= 0.3 is 0 Å². The van der Waals surface area contributed by atoms with Gasteiger partial charge in [-0.15, -0.1) is 0 Å². The van der Waals surface area contributed by atoms with Crippen LogP contribution >= 0.6 is 0 Å². The highest BCUT2D eigenvalue weighted by atomic mass is 16.5. The molecular formula is C15H21NO. The van der Waals surface area contributed by atoms with Crippen molar-refractivity contribution in [2.24, 2.45) is 5.73 Å². The number of para-hydroxylation sites is 1. The van der Waals surface area contributed by atoms with Gasteiger partial charge in [0.15, 0.2) is 0 Å². The van der Waals surface area contributed by atoms with Crippen LogP contribution in [-0.4, -0.2) is 6.61 Å². The highest BCUT2D eigenvalue weighted by Crippen LogP contribution is 2.40. The van der Waals surface area contributed by atoms with E-state index in [1.165, 1.54) is 12.8 Å². The van der Waals surface area contributed by atoms with Gasteiger partial charge in [0.25, 0.3) is 0 Å². The molecule has 92 valence electrons. The number of ether oxygens (including phenoxy) is 1. The smallest absolute Gasteiger partial charge is 0.124 e. The van der Waals surface area contributed by atoms with Crippen LogP contribution in [0.4, 0.5) is 0 Å². The molecule has 1 aromatic carbocycles. The van der Waals surface area contributed by atoms with Gasteiger partial charge in [0.1, 0.15) is 12.4 Å². The lowest BCUT2D eigenvalue weighted by molar-refractivity contribution is 0.333. The summed E-state index contributed by atoms with van der Waals surface area (Å²) in [4.78, 5) is 0. The van der Waals surface area contributed by atoms with Gasteiger partial charge in [-0.05, 0) is 31.4 Å². The van der Waals surface area contributed by atoms with Crippen LogP contribution in [-0.2, 0) is 5.54 Å². The maximum atomic E-state index is 6.49. The van der Waals surface area contributed by atoms with Crippen molar-refractivity contribution in [2.45, 2.75) is 38.1 Å². The van der Waals surface area contributed by atoms with Crippen LogP contribution in [0.3, 0.4) is 0 Å². The normalized spacial score (nSPS) is 18.0. The Morgan fingerprint density at radius 3 is 2.65 bits per heavy atom. The van der Waals surface area contributed by atoms with Gasteiger partial charge in [-0.25, -0.2) is 0 Å². The fourth-order valence-electron chi connectivity index (χ4n) is 2.48. The fourth-order valence-corrected chi connectivity index (χ4v) is 2.48. The summed E-state index contributed by atoms with van der Waals surface area (Å²) in [5.74, 6) is 0.917. The van der Waals surface area contributed by atoms with Crippen LogP contribution in [0, 0.1) is 0 Å². The Balaban J connectivity index is 2.23. The summed E-state index contributed by atoms with van der Waals surface area (Å²) in [6.45, 7) is 6.39. The average molecular weight is 231 g/mol. The molecule has 2 heteroatoms. The molecule has 2 nitrogen and oxygen atoms in total. The van der Waals surface area contributed by atoms with Crippen molar-refractivity contribution in [1.82, 2.24) is 0 Å². The minimum Gasteiger partial charge on any atom is -0.489 e. The molecule has 1 aromatic rings. The van der Waals surface area contributed by atoms with Gasteiger partial charge in [-0.2, -0.15) is 0 Å². The second-order valence-corrected chi connectivity index (χ2v) is 5.11. The number of nitrogens with two attached hydrogens (primary N) is 1. The van der Waals surface area contributed by atoms with Crippen molar-refractivity contribution in [3.05, 3.63) is 42.0 Å². The van der Waals surface area contributed by atoms with E-state index in [4.69, 9.17) is 10.5 Å². The average Bonchev–Trinajstić information content (AvgIpc) is 2.75. The lowest BCUT2D eigenvalue weighted by atomic mass is 9.89. The number of hydrogen-bond acceptors (Lipinski definition) is 2. The summed E-state index contributed by atoms with van der Waals surface area (Å²) < 4.78 is 5.80. The lowest BCUT2D eigenvalue weighted by Crippen LogP contribution is -2.33. The lowest BCUT2D eigenvalue weighted by Gasteiger charge is -2.26. The molecular weight excluding hydrogens is 210 g/mol. The Labute approximate surface area is 103 Å². The van der Waals surface area contributed by atoms with Crippen molar-refractivity contribution in [1.29, 1.82) is 0 Å². The summed E-state index contributed by atoms with van der Waals surface area (Å²) >= 11 is 0. The summed E-state index contributed by atoms with van der Waals surface area (Å²) in [5, 5.41) is 0. The minimum absolute atomic E-state index is 0.189. The predicted molar refractivity (Wildman–Crippen MR) is 71.1 cm³/mol. The molecule has 0 heterocycles. The van der Waals surface area contributed by atoms with E-state index in [9.17, 15) is 0 Å². The zero-order valence-corrected chi connectivity index (χ0v) is 10.5. The largest absolute Gasteiger partial charge is 0.489 e. The van der Waals surface area contributed by atoms with Crippen LogP contribution in [0.25, 0.3) is 0 Å². The molecule has 0 aromatic heterocycles. The molecule has 0 radical (unpaired) electrons. The minimum atomic E-state index is -0.189. The first-order chi connectivity index (χ1) is 8.12. The topological polar surface area (TPSA) is 35.2 Å². The first-order valence-corrected chi connectivity index (χ1v) is 6.27. The standard InChI is InChI=1S/C15H21NO/c1-12(2)11-17-14-8-4-3-7-13(14)15(16)9-5-6-10-15/h3-4,7-8H,1,5-6,9-11,16H2,2H3. The van der Waals surface area contributed by atoms with E-state index in [1.54, 1.807) is 0 Å².